The fourth-order valence-electron chi connectivity index (χ4n) is 2.26. The molecule has 0 aliphatic carbocycles. The van der Waals surface area contributed by atoms with E-state index in [0.29, 0.717) is 12.5 Å². The predicted molar refractivity (Wildman–Crippen MR) is 87.6 cm³/mol. The molecule has 0 aliphatic heterocycles. The van der Waals surface area contributed by atoms with Crippen LogP contribution in [0.3, 0.4) is 0 Å². The Kier molecular flexibility index (Phi) is 3.69. The number of fused-ring (bicyclic) bond motifs is 1. The number of nitrogens with zero attached hydrogens (tertiary/aromatic N) is 3. The molecule has 0 spiro atoms. The molecular weight excluding hydrogens is 260 g/mol. The first-order chi connectivity index (χ1) is 10.2. The lowest BCUT2D eigenvalue weighted by Gasteiger charge is -2.15. The summed E-state index contributed by atoms with van der Waals surface area (Å²) in [4.78, 5) is 11.2. The van der Waals surface area contributed by atoms with E-state index in [-0.39, 0.29) is 0 Å². The van der Waals surface area contributed by atoms with Crippen LogP contribution in [0.25, 0.3) is 10.9 Å². The average Bonchev–Trinajstić information content (AvgIpc) is 2.53. The molecule has 4 nitrogen and oxygen atoms in total. The van der Waals surface area contributed by atoms with Crippen molar-refractivity contribution in [2.75, 3.05) is 24.3 Å². The molecule has 1 aromatic heterocycles. The van der Waals surface area contributed by atoms with Gasteiger partial charge in [0.2, 0.25) is 5.95 Å². The fraction of sp³-hybridized carbons (Fsp3) is 0.176. The molecule has 4 heteroatoms. The molecule has 0 saturated heterocycles. The van der Waals surface area contributed by atoms with Crippen LogP contribution in [0.5, 0.6) is 0 Å². The van der Waals surface area contributed by atoms with Gasteiger partial charge in [-0.3, -0.25) is 0 Å². The third kappa shape index (κ3) is 2.94. The Balaban J connectivity index is 1.92. The van der Waals surface area contributed by atoms with Crippen molar-refractivity contribution in [3.63, 3.8) is 0 Å². The number of benzene rings is 2. The standard InChI is InChI=1S/C17H18N4/c1-21(2)16-14-10-6-7-11-15(14)19-17(20-16)18-12-13-8-4-3-5-9-13/h3-11H,12H2,1-2H3,(H,18,19,20). The zero-order valence-electron chi connectivity index (χ0n) is 12.2. The second-order valence-corrected chi connectivity index (χ2v) is 5.12. The number of para-hydroxylation sites is 1. The van der Waals surface area contributed by atoms with Crippen molar-refractivity contribution >= 4 is 22.7 Å². The lowest BCUT2D eigenvalue weighted by atomic mass is 10.2. The summed E-state index contributed by atoms with van der Waals surface area (Å²) >= 11 is 0. The molecule has 0 bridgehead atoms. The van der Waals surface area contributed by atoms with E-state index in [2.05, 4.69) is 27.4 Å². The van der Waals surface area contributed by atoms with Crippen LogP contribution in [0.15, 0.2) is 54.6 Å². The van der Waals surface area contributed by atoms with Crippen molar-refractivity contribution in [1.82, 2.24) is 9.97 Å². The first-order valence-electron chi connectivity index (χ1n) is 6.96. The molecule has 21 heavy (non-hydrogen) atoms. The molecule has 0 unspecified atom stereocenters. The van der Waals surface area contributed by atoms with Gasteiger partial charge in [0.25, 0.3) is 0 Å². The Bertz CT molecular complexity index is 738. The summed E-state index contributed by atoms with van der Waals surface area (Å²) in [6, 6.07) is 18.3. The summed E-state index contributed by atoms with van der Waals surface area (Å²) in [6.45, 7) is 0.714. The van der Waals surface area contributed by atoms with Gasteiger partial charge in [0.1, 0.15) is 5.82 Å². The molecule has 1 N–H and O–H groups in total. The minimum atomic E-state index is 0.654. The van der Waals surface area contributed by atoms with Crippen LogP contribution in [0.1, 0.15) is 5.56 Å². The lowest BCUT2D eigenvalue weighted by molar-refractivity contribution is 1.03. The zero-order chi connectivity index (χ0) is 14.7. The Morgan fingerprint density at radius 2 is 1.62 bits per heavy atom. The van der Waals surface area contributed by atoms with Crippen LogP contribution in [-0.4, -0.2) is 24.1 Å². The van der Waals surface area contributed by atoms with Crippen LogP contribution < -0.4 is 10.2 Å². The molecule has 3 rings (SSSR count). The first kappa shape index (κ1) is 13.4. The van der Waals surface area contributed by atoms with E-state index in [1.165, 1.54) is 5.56 Å². The molecule has 0 atom stereocenters. The van der Waals surface area contributed by atoms with E-state index >= 15 is 0 Å². The van der Waals surface area contributed by atoms with Gasteiger partial charge in [-0.1, -0.05) is 42.5 Å². The molecule has 0 radical (unpaired) electrons. The second kappa shape index (κ2) is 5.79. The number of nitrogens with one attached hydrogen (secondary N) is 1. The number of hydrogen-bond donors (Lipinski definition) is 1. The largest absolute Gasteiger partial charge is 0.362 e. The van der Waals surface area contributed by atoms with E-state index in [4.69, 9.17) is 0 Å². The van der Waals surface area contributed by atoms with E-state index in [0.717, 1.165) is 16.7 Å². The maximum Gasteiger partial charge on any atom is 0.225 e. The maximum absolute atomic E-state index is 4.62. The van der Waals surface area contributed by atoms with Crippen molar-refractivity contribution in [2.45, 2.75) is 6.54 Å². The van der Waals surface area contributed by atoms with Gasteiger partial charge in [-0.15, -0.1) is 0 Å². The number of aromatic nitrogens is 2. The van der Waals surface area contributed by atoms with E-state index in [9.17, 15) is 0 Å². The average molecular weight is 278 g/mol. The zero-order valence-corrected chi connectivity index (χ0v) is 12.2. The molecule has 0 saturated carbocycles. The number of hydrogen-bond acceptors (Lipinski definition) is 4. The topological polar surface area (TPSA) is 41.1 Å². The van der Waals surface area contributed by atoms with Gasteiger partial charge in [-0.2, -0.15) is 4.98 Å². The van der Waals surface area contributed by atoms with Crippen LogP contribution in [0.4, 0.5) is 11.8 Å². The van der Waals surface area contributed by atoms with Crippen molar-refractivity contribution in [3.8, 4) is 0 Å². The summed E-state index contributed by atoms with van der Waals surface area (Å²) in [5, 5.41) is 4.36. The van der Waals surface area contributed by atoms with Gasteiger partial charge in [-0.05, 0) is 17.7 Å². The molecule has 0 amide bonds. The minimum Gasteiger partial charge on any atom is -0.362 e. The van der Waals surface area contributed by atoms with Crippen LogP contribution in [-0.2, 0) is 6.54 Å². The minimum absolute atomic E-state index is 0.654. The normalized spacial score (nSPS) is 10.6. The molecule has 0 aliphatic rings. The summed E-state index contributed by atoms with van der Waals surface area (Å²) in [5.41, 5.74) is 2.16. The molecule has 3 aromatic rings. The lowest BCUT2D eigenvalue weighted by Crippen LogP contribution is -2.13. The Hall–Kier alpha value is -2.62. The number of rotatable bonds is 4. The third-order valence-electron chi connectivity index (χ3n) is 3.30. The van der Waals surface area contributed by atoms with E-state index in [1.54, 1.807) is 0 Å². The highest BCUT2D eigenvalue weighted by molar-refractivity contribution is 5.90. The Labute approximate surface area is 124 Å². The Morgan fingerprint density at radius 3 is 2.38 bits per heavy atom. The maximum atomic E-state index is 4.62. The third-order valence-corrected chi connectivity index (χ3v) is 3.30. The molecule has 2 aromatic carbocycles. The van der Waals surface area contributed by atoms with Gasteiger partial charge in [-0.25, -0.2) is 4.98 Å². The van der Waals surface area contributed by atoms with Gasteiger partial charge in [0.05, 0.1) is 5.52 Å². The van der Waals surface area contributed by atoms with E-state index in [1.807, 2.05) is 61.5 Å². The highest BCUT2D eigenvalue weighted by atomic mass is 15.2. The SMILES string of the molecule is CN(C)c1nc(NCc2ccccc2)nc2ccccc12. The van der Waals surface area contributed by atoms with Crippen molar-refractivity contribution < 1.29 is 0 Å². The van der Waals surface area contributed by atoms with Gasteiger partial charge < -0.3 is 10.2 Å². The monoisotopic (exact) mass is 278 g/mol. The predicted octanol–water partition coefficient (Wildman–Crippen LogP) is 3.31. The summed E-state index contributed by atoms with van der Waals surface area (Å²) in [6.07, 6.45) is 0. The van der Waals surface area contributed by atoms with Crippen molar-refractivity contribution in [3.05, 3.63) is 60.2 Å². The molecular formula is C17H18N4. The number of anilines is 2. The van der Waals surface area contributed by atoms with Crippen LogP contribution in [0, 0.1) is 0 Å². The van der Waals surface area contributed by atoms with Crippen molar-refractivity contribution in [1.29, 1.82) is 0 Å². The highest BCUT2D eigenvalue weighted by Gasteiger charge is 2.08. The first-order valence-corrected chi connectivity index (χ1v) is 6.96. The van der Waals surface area contributed by atoms with Crippen molar-refractivity contribution in [2.24, 2.45) is 0 Å². The van der Waals surface area contributed by atoms with E-state index < -0.39 is 0 Å². The highest BCUT2D eigenvalue weighted by Crippen LogP contribution is 2.23. The molecule has 1 heterocycles. The summed E-state index contributed by atoms with van der Waals surface area (Å²) in [5.74, 6) is 1.58. The summed E-state index contributed by atoms with van der Waals surface area (Å²) in [7, 11) is 3.99. The quantitative estimate of drug-likeness (QED) is 0.795. The summed E-state index contributed by atoms with van der Waals surface area (Å²) < 4.78 is 0. The van der Waals surface area contributed by atoms with Gasteiger partial charge in [0, 0.05) is 26.0 Å². The van der Waals surface area contributed by atoms with Crippen LogP contribution >= 0.6 is 0 Å². The smallest absolute Gasteiger partial charge is 0.225 e. The Morgan fingerprint density at radius 1 is 0.905 bits per heavy atom. The van der Waals surface area contributed by atoms with Gasteiger partial charge >= 0.3 is 0 Å². The van der Waals surface area contributed by atoms with Gasteiger partial charge in [0.15, 0.2) is 0 Å². The van der Waals surface area contributed by atoms with Crippen LogP contribution in [0.2, 0.25) is 0 Å². The fourth-order valence-corrected chi connectivity index (χ4v) is 2.26. The molecule has 106 valence electrons. The molecule has 0 fully saturated rings. The second-order valence-electron chi connectivity index (χ2n) is 5.12.